The lowest BCUT2D eigenvalue weighted by molar-refractivity contribution is 0.413. The van der Waals surface area contributed by atoms with E-state index in [0.717, 1.165) is 23.5 Å². The molecule has 2 aromatic rings. The molecule has 0 saturated heterocycles. The molecule has 20 heavy (non-hydrogen) atoms. The van der Waals surface area contributed by atoms with Crippen LogP contribution in [0, 0.1) is 0 Å². The molecule has 0 bridgehead atoms. The summed E-state index contributed by atoms with van der Waals surface area (Å²) in [5.41, 5.74) is 7.57. The van der Waals surface area contributed by atoms with Crippen LogP contribution < -0.4 is 10.5 Å². The minimum atomic E-state index is 0.346. The summed E-state index contributed by atoms with van der Waals surface area (Å²) in [6, 6.07) is 5.89. The van der Waals surface area contributed by atoms with Crippen LogP contribution in [0.25, 0.3) is 0 Å². The van der Waals surface area contributed by atoms with Gasteiger partial charge in [-0.05, 0) is 17.7 Å². The van der Waals surface area contributed by atoms with Gasteiger partial charge in [0.05, 0.1) is 12.7 Å². The zero-order chi connectivity index (χ0) is 14.7. The maximum atomic E-state index is 5.68. The predicted molar refractivity (Wildman–Crippen MR) is 84.3 cm³/mol. The number of nitrogens with two attached hydrogens (primary N) is 1. The van der Waals surface area contributed by atoms with Gasteiger partial charge >= 0.3 is 0 Å². The third-order valence-electron chi connectivity index (χ3n) is 3.15. The van der Waals surface area contributed by atoms with Crippen molar-refractivity contribution in [1.29, 1.82) is 0 Å². The van der Waals surface area contributed by atoms with Gasteiger partial charge in [0.1, 0.15) is 16.6 Å². The van der Waals surface area contributed by atoms with Crippen molar-refractivity contribution >= 4 is 17.2 Å². The first kappa shape index (κ1) is 14.5. The molecule has 1 aromatic heterocycles. The van der Waals surface area contributed by atoms with Gasteiger partial charge in [-0.15, -0.1) is 0 Å². The predicted octanol–water partition coefficient (Wildman–Crippen LogP) is 2.70. The number of methoxy groups -OCH3 is 1. The summed E-state index contributed by atoms with van der Waals surface area (Å²) in [6.07, 6.45) is 3.82. The third-order valence-corrected chi connectivity index (χ3v) is 3.37. The molecule has 4 nitrogen and oxygen atoms in total. The van der Waals surface area contributed by atoms with E-state index in [1.807, 2.05) is 30.6 Å². The molecule has 0 aliphatic carbocycles. The highest BCUT2D eigenvalue weighted by atomic mass is 32.1. The van der Waals surface area contributed by atoms with E-state index in [2.05, 4.69) is 23.4 Å². The summed E-state index contributed by atoms with van der Waals surface area (Å²) in [4.78, 5) is 4.74. The minimum absolute atomic E-state index is 0.346. The van der Waals surface area contributed by atoms with E-state index in [1.165, 1.54) is 0 Å². The number of aromatic nitrogens is 2. The number of hydrogen-bond donors (Lipinski definition) is 1. The van der Waals surface area contributed by atoms with Gasteiger partial charge in [-0.3, -0.25) is 0 Å². The fraction of sp³-hybridized carbons (Fsp3) is 0.333. The number of ether oxygens (including phenoxy) is 1. The van der Waals surface area contributed by atoms with Crippen LogP contribution in [-0.4, -0.2) is 21.6 Å². The summed E-state index contributed by atoms with van der Waals surface area (Å²) in [7, 11) is 1.62. The van der Waals surface area contributed by atoms with Crippen molar-refractivity contribution < 1.29 is 4.74 Å². The van der Waals surface area contributed by atoms with E-state index >= 15 is 0 Å². The van der Waals surface area contributed by atoms with Crippen molar-refractivity contribution in [2.75, 3.05) is 7.11 Å². The third kappa shape index (κ3) is 2.99. The SMILES string of the molecule is COc1cc(Cn2ccnc2C(C)C)ccc1C(N)=S. The molecule has 0 aliphatic heterocycles. The Balaban J connectivity index is 2.30. The molecule has 1 aromatic carbocycles. The Bertz CT molecular complexity index is 619. The van der Waals surface area contributed by atoms with Gasteiger partial charge < -0.3 is 15.0 Å². The van der Waals surface area contributed by atoms with Gasteiger partial charge in [0, 0.05) is 24.9 Å². The Labute approximate surface area is 124 Å². The summed E-state index contributed by atoms with van der Waals surface area (Å²) in [5, 5.41) is 0. The van der Waals surface area contributed by atoms with Crippen LogP contribution in [0.15, 0.2) is 30.6 Å². The van der Waals surface area contributed by atoms with Gasteiger partial charge in [-0.1, -0.05) is 32.1 Å². The van der Waals surface area contributed by atoms with Crippen LogP contribution >= 0.6 is 12.2 Å². The van der Waals surface area contributed by atoms with Gasteiger partial charge in [0.15, 0.2) is 0 Å². The molecule has 0 fully saturated rings. The molecule has 0 saturated carbocycles. The lowest BCUT2D eigenvalue weighted by Crippen LogP contribution is -2.12. The van der Waals surface area contributed by atoms with Crippen LogP contribution in [0.5, 0.6) is 5.75 Å². The Hall–Kier alpha value is -1.88. The van der Waals surface area contributed by atoms with Crippen molar-refractivity contribution in [2.45, 2.75) is 26.3 Å². The van der Waals surface area contributed by atoms with Crippen molar-refractivity contribution in [3.8, 4) is 5.75 Å². The zero-order valence-corrected chi connectivity index (χ0v) is 12.8. The van der Waals surface area contributed by atoms with Crippen molar-refractivity contribution in [1.82, 2.24) is 9.55 Å². The summed E-state index contributed by atoms with van der Waals surface area (Å²) in [6.45, 7) is 5.02. The Morgan fingerprint density at radius 3 is 2.80 bits per heavy atom. The van der Waals surface area contributed by atoms with E-state index < -0.39 is 0 Å². The second kappa shape index (κ2) is 6.05. The maximum Gasteiger partial charge on any atom is 0.129 e. The fourth-order valence-electron chi connectivity index (χ4n) is 2.19. The van der Waals surface area contributed by atoms with E-state index in [0.29, 0.717) is 16.7 Å². The van der Waals surface area contributed by atoms with Crippen molar-refractivity contribution in [2.24, 2.45) is 5.73 Å². The van der Waals surface area contributed by atoms with Crippen LogP contribution in [0.3, 0.4) is 0 Å². The summed E-state index contributed by atoms with van der Waals surface area (Å²) >= 11 is 5.01. The number of thiocarbonyl (C=S) groups is 1. The average Bonchev–Trinajstić information content (AvgIpc) is 2.86. The molecule has 1 heterocycles. The standard InChI is InChI=1S/C15H19N3OS/c1-10(2)15-17-6-7-18(15)9-11-4-5-12(14(16)20)13(8-11)19-3/h4-8,10H,9H2,1-3H3,(H2,16,20). The Kier molecular flexibility index (Phi) is 4.39. The van der Waals surface area contributed by atoms with Gasteiger partial charge in [-0.25, -0.2) is 4.98 Å². The highest BCUT2D eigenvalue weighted by molar-refractivity contribution is 7.80. The second-order valence-corrected chi connectivity index (χ2v) is 5.41. The first-order valence-electron chi connectivity index (χ1n) is 6.50. The van der Waals surface area contributed by atoms with E-state index in [1.54, 1.807) is 7.11 Å². The molecule has 5 heteroatoms. The molecule has 2 N–H and O–H groups in total. The molecule has 0 unspecified atom stereocenters. The van der Waals surface area contributed by atoms with Crippen molar-refractivity contribution in [3.63, 3.8) is 0 Å². The number of rotatable bonds is 5. The molecule has 2 rings (SSSR count). The number of imidazole rings is 1. The molecular formula is C15H19N3OS. The lowest BCUT2D eigenvalue weighted by Gasteiger charge is -2.13. The smallest absolute Gasteiger partial charge is 0.129 e. The Morgan fingerprint density at radius 1 is 1.45 bits per heavy atom. The normalized spacial score (nSPS) is 10.8. The van der Waals surface area contributed by atoms with E-state index in [4.69, 9.17) is 22.7 Å². The fourth-order valence-corrected chi connectivity index (χ4v) is 2.36. The molecule has 0 atom stereocenters. The van der Waals surface area contributed by atoms with Crippen LogP contribution in [-0.2, 0) is 6.54 Å². The highest BCUT2D eigenvalue weighted by Gasteiger charge is 2.10. The van der Waals surface area contributed by atoms with E-state index in [9.17, 15) is 0 Å². The first-order valence-corrected chi connectivity index (χ1v) is 6.91. The van der Waals surface area contributed by atoms with Crippen LogP contribution in [0.2, 0.25) is 0 Å². The van der Waals surface area contributed by atoms with E-state index in [-0.39, 0.29) is 0 Å². The van der Waals surface area contributed by atoms with Gasteiger partial charge in [0.25, 0.3) is 0 Å². The maximum absolute atomic E-state index is 5.68. The summed E-state index contributed by atoms with van der Waals surface area (Å²) in [5.74, 6) is 2.17. The second-order valence-electron chi connectivity index (χ2n) is 4.97. The highest BCUT2D eigenvalue weighted by Crippen LogP contribution is 2.22. The molecule has 0 radical (unpaired) electrons. The Morgan fingerprint density at radius 2 is 2.20 bits per heavy atom. The minimum Gasteiger partial charge on any atom is -0.496 e. The van der Waals surface area contributed by atoms with Gasteiger partial charge in [0.2, 0.25) is 0 Å². The van der Waals surface area contributed by atoms with Crippen LogP contribution in [0.4, 0.5) is 0 Å². The molecule has 0 spiro atoms. The topological polar surface area (TPSA) is 53.1 Å². The molecule has 106 valence electrons. The lowest BCUT2D eigenvalue weighted by atomic mass is 10.1. The zero-order valence-electron chi connectivity index (χ0n) is 12.0. The van der Waals surface area contributed by atoms with Crippen molar-refractivity contribution in [3.05, 3.63) is 47.5 Å². The average molecular weight is 289 g/mol. The number of benzene rings is 1. The molecular weight excluding hydrogens is 270 g/mol. The quantitative estimate of drug-likeness (QED) is 0.860. The molecule has 0 aliphatic rings. The summed E-state index contributed by atoms with van der Waals surface area (Å²) < 4.78 is 7.49. The largest absolute Gasteiger partial charge is 0.496 e. The number of hydrogen-bond acceptors (Lipinski definition) is 3. The van der Waals surface area contributed by atoms with Crippen LogP contribution in [0.1, 0.15) is 36.7 Å². The first-order chi connectivity index (χ1) is 9.52. The monoisotopic (exact) mass is 289 g/mol. The number of nitrogens with zero attached hydrogens (tertiary/aromatic N) is 2. The molecule has 0 amide bonds. The van der Waals surface area contributed by atoms with Gasteiger partial charge in [-0.2, -0.15) is 0 Å².